The van der Waals surface area contributed by atoms with Gasteiger partial charge < -0.3 is 16.4 Å². The SMILES string of the molecule is Nc1nc2cccc(NC3CCCNC3)n2n1. The van der Waals surface area contributed by atoms with E-state index in [1.807, 2.05) is 18.2 Å². The highest BCUT2D eigenvalue weighted by atomic mass is 15.4. The number of hydrogen-bond acceptors (Lipinski definition) is 5. The van der Waals surface area contributed by atoms with Crippen LogP contribution < -0.4 is 16.4 Å². The molecule has 0 aromatic carbocycles. The summed E-state index contributed by atoms with van der Waals surface area (Å²) in [7, 11) is 0. The fraction of sp³-hybridized carbons (Fsp3) is 0.455. The Morgan fingerprint density at radius 2 is 2.41 bits per heavy atom. The van der Waals surface area contributed by atoms with Gasteiger partial charge in [0.25, 0.3) is 0 Å². The molecular formula is C11H16N6. The van der Waals surface area contributed by atoms with E-state index < -0.39 is 0 Å². The van der Waals surface area contributed by atoms with Crippen LogP contribution in [0.4, 0.5) is 11.8 Å². The third-order valence-electron chi connectivity index (χ3n) is 3.03. The number of anilines is 2. The van der Waals surface area contributed by atoms with Gasteiger partial charge in [-0.15, -0.1) is 5.10 Å². The van der Waals surface area contributed by atoms with E-state index in [9.17, 15) is 0 Å². The molecule has 90 valence electrons. The topological polar surface area (TPSA) is 80.3 Å². The van der Waals surface area contributed by atoms with Crippen molar-refractivity contribution in [3.05, 3.63) is 18.2 Å². The van der Waals surface area contributed by atoms with Gasteiger partial charge in [-0.1, -0.05) is 6.07 Å². The number of aromatic nitrogens is 3. The lowest BCUT2D eigenvalue weighted by Gasteiger charge is -2.24. The summed E-state index contributed by atoms with van der Waals surface area (Å²) in [6.45, 7) is 2.10. The quantitative estimate of drug-likeness (QED) is 0.701. The smallest absolute Gasteiger partial charge is 0.240 e. The van der Waals surface area contributed by atoms with E-state index in [0.717, 1.165) is 24.6 Å². The highest BCUT2D eigenvalue weighted by Gasteiger charge is 2.14. The van der Waals surface area contributed by atoms with E-state index in [2.05, 4.69) is 20.7 Å². The predicted molar refractivity (Wildman–Crippen MR) is 66.9 cm³/mol. The van der Waals surface area contributed by atoms with E-state index in [0.29, 0.717) is 12.0 Å². The fourth-order valence-corrected chi connectivity index (χ4v) is 2.22. The number of piperidine rings is 1. The Kier molecular flexibility index (Phi) is 2.56. The summed E-state index contributed by atoms with van der Waals surface area (Å²) in [5, 5.41) is 11.0. The first-order chi connectivity index (χ1) is 8.33. The van der Waals surface area contributed by atoms with Crippen LogP contribution in [-0.4, -0.2) is 33.7 Å². The van der Waals surface area contributed by atoms with Crippen molar-refractivity contribution in [2.45, 2.75) is 18.9 Å². The molecule has 1 unspecified atom stereocenters. The molecule has 0 radical (unpaired) electrons. The Labute approximate surface area is 99.2 Å². The van der Waals surface area contributed by atoms with Crippen LogP contribution in [0.1, 0.15) is 12.8 Å². The Hall–Kier alpha value is -1.82. The predicted octanol–water partition coefficient (Wildman–Crippen LogP) is 0.475. The molecule has 1 aliphatic heterocycles. The van der Waals surface area contributed by atoms with Crippen LogP contribution in [0.2, 0.25) is 0 Å². The van der Waals surface area contributed by atoms with Crippen molar-refractivity contribution in [1.29, 1.82) is 0 Å². The summed E-state index contributed by atoms with van der Waals surface area (Å²) in [5.41, 5.74) is 6.38. The van der Waals surface area contributed by atoms with Gasteiger partial charge in [0.1, 0.15) is 5.82 Å². The van der Waals surface area contributed by atoms with Crippen molar-refractivity contribution in [1.82, 2.24) is 19.9 Å². The van der Waals surface area contributed by atoms with Gasteiger partial charge in [0.05, 0.1) is 0 Å². The minimum Gasteiger partial charge on any atom is -0.366 e. The molecule has 0 bridgehead atoms. The molecule has 1 aliphatic rings. The average molecular weight is 232 g/mol. The molecule has 6 heteroatoms. The van der Waals surface area contributed by atoms with Crippen molar-refractivity contribution in [3.8, 4) is 0 Å². The lowest BCUT2D eigenvalue weighted by atomic mass is 10.1. The van der Waals surface area contributed by atoms with Gasteiger partial charge in [-0.2, -0.15) is 9.50 Å². The Balaban J connectivity index is 1.88. The van der Waals surface area contributed by atoms with E-state index in [1.165, 1.54) is 12.8 Å². The number of fused-ring (bicyclic) bond motifs is 1. The van der Waals surface area contributed by atoms with Crippen molar-refractivity contribution in [2.75, 3.05) is 24.1 Å². The molecule has 1 saturated heterocycles. The number of hydrogen-bond donors (Lipinski definition) is 3. The van der Waals surface area contributed by atoms with Crippen LogP contribution in [-0.2, 0) is 0 Å². The molecule has 17 heavy (non-hydrogen) atoms. The summed E-state index contributed by atoms with van der Waals surface area (Å²) in [6, 6.07) is 6.30. The zero-order valence-corrected chi connectivity index (χ0v) is 9.56. The molecule has 6 nitrogen and oxygen atoms in total. The second-order valence-electron chi connectivity index (χ2n) is 4.34. The van der Waals surface area contributed by atoms with Crippen LogP contribution in [0.5, 0.6) is 0 Å². The van der Waals surface area contributed by atoms with Crippen molar-refractivity contribution in [2.24, 2.45) is 0 Å². The Morgan fingerprint density at radius 3 is 3.24 bits per heavy atom. The maximum Gasteiger partial charge on any atom is 0.240 e. The molecule has 3 rings (SSSR count). The highest BCUT2D eigenvalue weighted by molar-refractivity contribution is 5.51. The minimum atomic E-state index is 0.306. The average Bonchev–Trinajstić information content (AvgIpc) is 2.72. The van der Waals surface area contributed by atoms with Gasteiger partial charge in [-0.3, -0.25) is 0 Å². The second kappa shape index (κ2) is 4.21. The standard InChI is InChI=1S/C11H16N6/c12-11-15-10-5-1-4-9(17(10)16-11)14-8-3-2-6-13-7-8/h1,4-5,8,13-14H,2-3,6-7H2,(H2,12,16). The van der Waals surface area contributed by atoms with E-state index >= 15 is 0 Å². The normalized spacial score (nSPS) is 20.6. The summed E-state index contributed by atoms with van der Waals surface area (Å²) >= 11 is 0. The first kappa shape index (κ1) is 10.3. The van der Waals surface area contributed by atoms with Crippen LogP contribution in [0.15, 0.2) is 18.2 Å². The van der Waals surface area contributed by atoms with Crippen molar-refractivity contribution < 1.29 is 0 Å². The molecule has 0 spiro atoms. The molecule has 2 aromatic rings. The molecule has 2 aromatic heterocycles. The van der Waals surface area contributed by atoms with E-state index in [-0.39, 0.29) is 0 Å². The summed E-state index contributed by atoms with van der Waals surface area (Å²) < 4.78 is 1.75. The summed E-state index contributed by atoms with van der Waals surface area (Å²) in [5.74, 6) is 1.25. The van der Waals surface area contributed by atoms with Gasteiger partial charge >= 0.3 is 0 Å². The molecule has 1 fully saturated rings. The molecule has 1 atom stereocenters. The molecule has 0 aliphatic carbocycles. The van der Waals surface area contributed by atoms with Crippen molar-refractivity contribution in [3.63, 3.8) is 0 Å². The molecule has 0 amide bonds. The Morgan fingerprint density at radius 1 is 1.47 bits per heavy atom. The number of nitrogens with one attached hydrogen (secondary N) is 2. The fourth-order valence-electron chi connectivity index (χ4n) is 2.22. The molecular weight excluding hydrogens is 216 g/mol. The number of nitrogens with zero attached hydrogens (tertiary/aromatic N) is 3. The zero-order chi connectivity index (χ0) is 11.7. The lowest BCUT2D eigenvalue weighted by Crippen LogP contribution is -2.38. The molecule has 3 heterocycles. The maximum absolute atomic E-state index is 5.61. The molecule has 4 N–H and O–H groups in total. The largest absolute Gasteiger partial charge is 0.366 e. The van der Waals surface area contributed by atoms with Crippen LogP contribution >= 0.6 is 0 Å². The monoisotopic (exact) mass is 232 g/mol. The number of rotatable bonds is 2. The second-order valence-corrected chi connectivity index (χ2v) is 4.34. The van der Waals surface area contributed by atoms with Gasteiger partial charge in [0, 0.05) is 12.6 Å². The maximum atomic E-state index is 5.61. The zero-order valence-electron chi connectivity index (χ0n) is 9.56. The third kappa shape index (κ3) is 2.03. The highest BCUT2D eigenvalue weighted by Crippen LogP contribution is 2.14. The van der Waals surface area contributed by atoms with E-state index in [1.54, 1.807) is 4.52 Å². The van der Waals surface area contributed by atoms with Gasteiger partial charge in [0.15, 0.2) is 5.65 Å². The van der Waals surface area contributed by atoms with E-state index in [4.69, 9.17) is 5.73 Å². The van der Waals surface area contributed by atoms with Crippen LogP contribution in [0.3, 0.4) is 0 Å². The number of nitrogens with two attached hydrogens (primary N) is 1. The third-order valence-corrected chi connectivity index (χ3v) is 3.03. The first-order valence-corrected chi connectivity index (χ1v) is 5.91. The van der Waals surface area contributed by atoms with Crippen molar-refractivity contribution >= 4 is 17.4 Å². The number of nitrogen functional groups attached to an aromatic ring is 1. The number of pyridine rings is 1. The Bertz CT molecular complexity index is 514. The molecule has 0 saturated carbocycles. The first-order valence-electron chi connectivity index (χ1n) is 5.91. The summed E-state index contributed by atoms with van der Waals surface area (Å²) in [4.78, 5) is 4.14. The van der Waals surface area contributed by atoms with Crippen LogP contribution in [0.25, 0.3) is 5.65 Å². The van der Waals surface area contributed by atoms with Gasteiger partial charge in [-0.25, -0.2) is 0 Å². The lowest BCUT2D eigenvalue weighted by molar-refractivity contribution is 0.478. The summed E-state index contributed by atoms with van der Waals surface area (Å²) in [6.07, 6.45) is 2.38. The minimum absolute atomic E-state index is 0.306. The van der Waals surface area contributed by atoms with Gasteiger partial charge in [-0.05, 0) is 31.5 Å². The van der Waals surface area contributed by atoms with Crippen LogP contribution in [0, 0.1) is 0 Å². The van der Waals surface area contributed by atoms with Gasteiger partial charge in [0.2, 0.25) is 5.95 Å².